The van der Waals surface area contributed by atoms with Gasteiger partial charge < -0.3 is 10.4 Å². The Hall–Kier alpha value is -4.43. The van der Waals surface area contributed by atoms with Gasteiger partial charge in [-0.1, -0.05) is 24.3 Å². The van der Waals surface area contributed by atoms with Gasteiger partial charge in [-0.2, -0.15) is 0 Å². The fourth-order valence-electron chi connectivity index (χ4n) is 3.57. The van der Waals surface area contributed by atoms with Crippen LogP contribution in [0, 0.1) is 0 Å². The second-order valence-electron chi connectivity index (χ2n) is 8.05. The van der Waals surface area contributed by atoms with Crippen molar-refractivity contribution in [3.05, 3.63) is 120 Å². The van der Waals surface area contributed by atoms with Gasteiger partial charge in [0.25, 0.3) is 5.91 Å². The van der Waals surface area contributed by atoms with E-state index in [1.165, 1.54) is 0 Å². The van der Waals surface area contributed by atoms with Gasteiger partial charge in [0.1, 0.15) is 0 Å². The lowest BCUT2D eigenvalue weighted by molar-refractivity contribution is -0.136. The van der Waals surface area contributed by atoms with Crippen molar-refractivity contribution < 1.29 is 14.7 Å². The lowest BCUT2D eigenvalue weighted by Gasteiger charge is -2.21. The number of amides is 1. The molecule has 3 aromatic heterocycles. The van der Waals surface area contributed by atoms with E-state index in [9.17, 15) is 9.59 Å². The number of carbonyl (C=O) groups excluding carboxylic acids is 1. The van der Waals surface area contributed by atoms with Crippen LogP contribution in [0.5, 0.6) is 0 Å². The normalized spacial score (nSPS) is 10.8. The van der Waals surface area contributed by atoms with E-state index in [0.717, 1.165) is 17.1 Å². The van der Waals surface area contributed by atoms with Crippen molar-refractivity contribution in [3.63, 3.8) is 0 Å². The van der Waals surface area contributed by atoms with Crippen LogP contribution in [0.25, 0.3) is 0 Å². The Morgan fingerprint density at radius 1 is 0.743 bits per heavy atom. The third-order valence-corrected chi connectivity index (χ3v) is 5.26. The maximum absolute atomic E-state index is 12.6. The maximum Gasteiger partial charge on any atom is 0.307 e. The number of hydrogen-bond donors (Lipinski definition) is 2. The van der Waals surface area contributed by atoms with Gasteiger partial charge in [0.15, 0.2) is 0 Å². The van der Waals surface area contributed by atoms with E-state index in [4.69, 9.17) is 5.11 Å². The van der Waals surface area contributed by atoms with Gasteiger partial charge in [0.05, 0.1) is 29.1 Å². The predicted octanol–water partition coefficient (Wildman–Crippen LogP) is 3.95. The molecular weight excluding hydrogens is 442 g/mol. The van der Waals surface area contributed by atoms with E-state index < -0.39 is 5.97 Å². The Labute approximate surface area is 203 Å². The molecule has 0 aliphatic carbocycles. The third-order valence-electron chi connectivity index (χ3n) is 5.26. The Bertz CT molecular complexity index is 1210. The zero-order valence-electron chi connectivity index (χ0n) is 19.0. The van der Waals surface area contributed by atoms with Crippen molar-refractivity contribution in [1.29, 1.82) is 0 Å². The molecule has 0 spiro atoms. The van der Waals surface area contributed by atoms with E-state index in [0.29, 0.717) is 36.4 Å². The molecule has 0 bridgehead atoms. The third kappa shape index (κ3) is 7.28. The molecule has 4 rings (SSSR count). The quantitative estimate of drug-likeness (QED) is 0.363. The number of hydrogen-bond acceptors (Lipinski definition) is 6. The highest BCUT2D eigenvalue weighted by Gasteiger charge is 2.12. The van der Waals surface area contributed by atoms with E-state index in [2.05, 4.69) is 25.2 Å². The van der Waals surface area contributed by atoms with Gasteiger partial charge in [-0.3, -0.25) is 29.4 Å². The molecule has 0 aliphatic rings. The van der Waals surface area contributed by atoms with Crippen LogP contribution in [0.1, 0.15) is 33.0 Å². The first-order valence-corrected chi connectivity index (χ1v) is 11.1. The molecular formula is C27H25N5O3. The lowest BCUT2D eigenvalue weighted by Crippen LogP contribution is -2.24. The molecule has 8 heteroatoms. The minimum Gasteiger partial charge on any atom is -0.481 e. The molecule has 35 heavy (non-hydrogen) atoms. The molecule has 4 aromatic rings. The van der Waals surface area contributed by atoms with Crippen molar-refractivity contribution in [1.82, 2.24) is 19.9 Å². The molecule has 0 aliphatic heterocycles. The monoisotopic (exact) mass is 467 g/mol. The van der Waals surface area contributed by atoms with Crippen LogP contribution in [0.2, 0.25) is 0 Å². The summed E-state index contributed by atoms with van der Waals surface area (Å²) < 4.78 is 0. The number of pyridine rings is 3. The highest BCUT2D eigenvalue weighted by Crippen LogP contribution is 2.14. The van der Waals surface area contributed by atoms with Crippen LogP contribution < -0.4 is 5.32 Å². The lowest BCUT2D eigenvalue weighted by atomic mass is 10.1. The molecule has 1 aromatic carbocycles. The average Bonchev–Trinajstić information content (AvgIpc) is 2.86. The first-order chi connectivity index (χ1) is 17.0. The van der Waals surface area contributed by atoms with E-state index in [-0.39, 0.29) is 12.3 Å². The molecule has 0 saturated heterocycles. The summed E-state index contributed by atoms with van der Waals surface area (Å²) in [5, 5.41) is 11.7. The van der Waals surface area contributed by atoms with Crippen molar-refractivity contribution in [2.24, 2.45) is 0 Å². The summed E-state index contributed by atoms with van der Waals surface area (Å²) >= 11 is 0. The molecule has 0 fully saturated rings. The number of aliphatic carboxylic acids is 1. The largest absolute Gasteiger partial charge is 0.481 e. The number of carboxylic acid groups (broad SMARTS) is 1. The van der Waals surface area contributed by atoms with Gasteiger partial charge in [-0.15, -0.1) is 0 Å². The molecule has 2 N–H and O–H groups in total. The van der Waals surface area contributed by atoms with Gasteiger partial charge in [0, 0.05) is 43.9 Å². The SMILES string of the molecule is O=C(O)Cc1ccc(NC(=O)c2ccc(CN(Cc3ccccn3)Cc3ccccn3)nc2)cc1. The molecule has 0 atom stereocenters. The average molecular weight is 468 g/mol. The van der Waals surface area contributed by atoms with Gasteiger partial charge in [0.2, 0.25) is 0 Å². The van der Waals surface area contributed by atoms with E-state index in [1.54, 1.807) is 48.9 Å². The number of aromatic nitrogens is 3. The van der Waals surface area contributed by atoms with Crippen LogP contribution >= 0.6 is 0 Å². The second kappa shape index (κ2) is 11.6. The Morgan fingerprint density at radius 2 is 1.34 bits per heavy atom. The maximum atomic E-state index is 12.6. The van der Waals surface area contributed by atoms with Crippen LogP contribution in [0.4, 0.5) is 5.69 Å². The van der Waals surface area contributed by atoms with Gasteiger partial charge >= 0.3 is 5.97 Å². The van der Waals surface area contributed by atoms with Crippen LogP contribution in [0.15, 0.2) is 91.4 Å². The standard InChI is InChI=1S/C27H25N5O3/c33-26(34)15-20-7-10-22(11-8-20)31-27(35)21-9-12-25(30-16-21)19-32(17-23-5-1-3-13-28-23)18-24-6-2-4-14-29-24/h1-14,16H,15,17-19H2,(H,31,35)(H,33,34). The van der Waals surface area contributed by atoms with E-state index >= 15 is 0 Å². The number of nitrogens with one attached hydrogen (secondary N) is 1. The number of anilines is 1. The highest BCUT2D eigenvalue weighted by atomic mass is 16.4. The molecule has 3 heterocycles. The predicted molar refractivity (Wildman–Crippen MR) is 131 cm³/mol. The van der Waals surface area contributed by atoms with Gasteiger partial charge in [-0.05, 0) is 54.1 Å². The molecule has 1 amide bonds. The minimum absolute atomic E-state index is 0.0582. The first-order valence-electron chi connectivity index (χ1n) is 11.1. The van der Waals surface area contributed by atoms with Crippen LogP contribution in [0.3, 0.4) is 0 Å². The minimum atomic E-state index is -0.897. The summed E-state index contributed by atoms with van der Waals surface area (Å²) in [5.41, 5.74) is 4.42. The van der Waals surface area contributed by atoms with Crippen LogP contribution in [-0.4, -0.2) is 36.8 Å². The summed E-state index contributed by atoms with van der Waals surface area (Å²) in [6, 6.07) is 22.0. The molecule has 0 saturated carbocycles. The number of carbonyl (C=O) groups is 2. The first kappa shape index (κ1) is 23.7. The fraction of sp³-hybridized carbons (Fsp3) is 0.148. The number of nitrogens with zero attached hydrogens (tertiary/aromatic N) is 4. The molecule has 176 valence electrons. The topological polar surface area (TPSA) is 108 Å². The highest BCUT2D eigenvalue weighted by molar-refractivity contribution is 6.04. The van der Waals surface area contributed by atoms with Crippen molar-refractivity contribution in [3.8, 4) is 0 Å². The smallest absolute Gasteiger partial charge is 0.307 e. The second-order valence-corrected chi connectivity index (χ2v) is 8.05. The number of rotatable bonds is 10. The summed E-state index contributed by atoms with van der Waals surface area (Å²) in [7, 11) is 0. The number of carboxylic acids is 1. The van der Waals surface area contributed by atoms with Gasteiger partial charge in [-0.25, -0.2) is 0 Å². The fourth-order valence-corrected chi connectivity index (χ4v) is 3.57. The molecule has 0 radical (unpaired) electrons. The Balaban J connectivity index is 1.40. The summed E-state index contributed by atoms with van der Waals surface area (Å²) in [6.07, 6.45) is 5.06. The molecule has 8 nitrogen and oxygen atoms in total. The summed E-state index contributed by atoms with van der Waals surface area (Å²) in [4.78, 5) is 39.0. The summed E-state index contributed by atoms with van der Waals surface area (Å²) in [6.45, 7) is 1.85. The van der Waals surface area contributed by atoms with Crippen molar-refractivity contribution >= 4 is 17.6 Å². The van der Waals surface area contributed by atoms with E-state index in [1.807, 2.05) is 42.5 Å². The van der Waals surface area contributed by atoms with Crippen molar-refractivity contribution in [2.75, 3.05) is 5.32 Å². The zero-order valence-corrected chi connectivity index (χ0v) is 19.0. The van der Waals surface area contributed by atoms with Crippen molar-refractivity contribution in [2.45, 2.75) is 26.1 Å². The Kier molecular flexibility index (Phi) is 7.88. The Morgan fingerprint density at radius 3 is 1.83 bits per heavy atom. The number of benzene rings is 1. The zero-order chi connectivity index (χ0) is 24.5. The molecule has 0 unspecified atom stereocenters. The summed E-state index contributed by atoms with van der Waals surface area (Å²) in [5.74, 6) is -1.18. The van der Waals surface area contributed by atoms with Crippen LogP contribution in [-0.2, 0) is 30.8 Å².